The van der Waals surface area contributed by atoms with Crippen LogP contribution in [-0.2, 0) is 14.3 Å². The Morgan fingerprint density at radius 2 is 2.17 bits per heavy atom. The molecule has 2 amide bonds. The number of esters is 1. The lowest BCUT2D eigenvalue weighted by Crippen LogP contribution is -2.47. The minimum atomic E-state index is -0.749. The zero-order valence-corrected chi connectivity index (χ0v) is 19.5. The number of guanidine groups is 1. The summed E-state index contributed by atoms with van der Waals surface area (Å²) in [5, 5.41) is 5.55. The van der Waals surface area contributed by atoms with Gasteiger partial charge in [0.25, 0.3) is 11.8 Å². The molecular formula is C24H24N6O6. The first-order chi connectivity index (χ1) is 17.5. The molecule has 0 unspecified atom stereocenters. The maximum absolute atomic E-state index is 12.8. The highest BCUT2D eigenvalue weighted by Gasteiger charge is 2.33. The molecule has 1 atom stereocenters. The molecule has 3 aliphatic heterocycles. The fraction of sp³-hybridized carbons (Fsp3) is 0.333. The highest BCUT2D eigenvalue weighted by molar-refractivity contribution is 6.20. The maximum atomic E-state index is 12.8. The molecule has 1 fully saturated rings. The molecule has 0 aliphatic carbocycles. The number of methoxy groups -OCH3 is 1. The summed E-state index contributed by atoms with van der Waals surface area (Å²) >= 11 is 0. The lowest BCUT2D eigenvalue weighted by Gasteiger charge is -2.28. The van der Waals surface area contributed by atoms with Gasteiger partial charge in [-0.15, -0.1) is 0 Å². The van der Waals surface area contributed by atoms with Crippen LogP contribution in [0.1, 0.15) is 28.8 Å². The third kappa shape index (κ3) is 4.57. The molecule has 0 saturated carbocycles. The number of aliphatic imine (C=N–C) groups is 2. The van der Waals surface area contributed by atoms with Crippen LogP contribution in [0, 0.1) is 0 Å². The molecule has 12 nitrogen and oxygen atoms in total. The summed E-state index contributed by atoms with van der Waals surface area (Å²) in [7, 11) is 1.50. The van der Waals surface area contributed by atoms with Gasteiger partial charge in [-0.1, -0.05) is 0 Å². The number of rotatable bonds is 7. The Kier molecular flexibility index (Phi) is 6.48. The van der Waals surface area contributed by atoms with E-state index in [1.807, 2.05) is 11.0 Å². The lowest BCUT2D eigenvalue weighted by atomic mass is 10.1. The van der Waals surface area contributed by atoms with Crippen molar-refractivity contribution in [2.24, 2.45) is 9.98 Å². The molecule has 0 spiro atoms. The zero-order valence-electron chi connectivity index (χ0n) is 19.5. The Bertz CT molecular complexity index is 1260. The number of nitrogens with zero attached hydrogens (tertiary/aromatic N) is 4. The van der Waals surface area contributed by atoms with E-state index >= 15 is 0 Å². The first kappa shape index (κ1) is 23.3. The Hall–Kier alpha value is -4.48. The Morgan fingerprint density at radius 1 is 1.28 bits per heavy atom. The van der Waals surface area contributed by atoms with Crippen molar-refractivity contribution in [2.45, 2.75) is 18.9 Å². The summed E-state index contributed by atoms with van der Waals surface area (Å²) in [6, 6.07) is 6.95. The number of pyridine rings is 1. The van der Waals surface area contributed by atoms with Gasteiger partial charge in [-0.2, -0.15) is 0 Å². The molecule has 186 valence electrons. The average molecular weight is 492 g/mol. The first-order valence-electron chi connectivity index (χ1n) is 11.5. The van der Waals surface area contributed by atoms with E-state index < -0.39 is 6.10 Å². The Morgan fingerprint density at radius 3 is 2.92 bits per heavy atom. The van der Waals surface area contributed by atoms with Gasteiger partial charge in [0.2, 0.25) is 5.96 Å². The number of benzene rings is 1. The standard InChI is InChI=1S/C24H24N6O6/c1-34-20-16(35-12-10-27-23(33)17-6-7-18(31)36-17)5-4-15-19(20)28-24(30-11-9-26-21(15)30)29-22(32)14-3-2-8-25-13-14/h2-5,8,13,17H,6-7,9-12H2,1H3,(H,27,33)(H,28,29,32)/t17-/m0/s1. The van der Waals surface area contributed by atoms with Gasteiger partial charge in [0, 0.05) is 37.3 Å². The second-order valence-corrected chi connectivity index (χ2v) is 8.14. The first-order valence-corrected chi connectivity index (χ1v) is 11.5. The van der Waals surface area contributed by atoms with E-state index in [0.29, 0.717) is 54.1 Å². The smallest absolute Gasteiger partial charge is 0.306 e. The fourth-order valence-corrected chi connectivity index (χ4v) is 4.13. The number of aromatic nitrogens is 1. The highest BCUT2D eigenvalue weighted by Crippen LogP contribution is 2.43. The van der Waals surface area contributed by atoms with E-state index in [2.05, 4.69) is 25.6 Å². The molecular weight excluding hydrogens is 468 g/mol. The third-order valence-electron chi connectivity index (χ3n) is 5.84. The van der Waals surface area contributed by atoms with Crippen molar-refractivity contribution in [2.75, 3.05) is 33.4 Å². The second kappa shape index (κ2) is 10.0. The number of hydrogen-bond acceptors (Lipinski definition) is 10. The van der Waals surface area contributed by atoms with Crippen LogP contribution in [0.2, 0.25) is 0 Å². The quantitative estimate of drug-likeness (QED) is 0.426. The number of carbonyl (C=O) groups is 3. The molecule has 12 heteroatoms. The van der Waals surface area contributed by atoms with E-state index in [1.165, 1.54) is 13.3 Å². The van der Waals surface area contributed by atoms with Crippen LogP contribution in [0.4, 0.5) is 5.69 Å². The Labute approximate surface area is 206 Å². The number of hydrogen-bond donors (Lipinski definition) is 2. The summed E-state index contributed by atoms with van der Waals surface area (Å²) in [5.74, 6) is 0.766. The van der Waals surface area contributed by atoms with Gasteiger partial charge in [-0.25, -0.2) is 4.99 Å². The minimum absolute atomic E-state index is 0.156. The van der Waals surface area contributed by atoms with Gasteiger partial charge in [-0.3, -0.25) is 34.6 Å². The van der Waals surface area contributed by atoms with Crippen LogP contribution in [0.15, 0.2) is 46.6 Å². The zero-order chi connectivity index (χ0) is 25.1. The summed E-state index contributed by atoms with van der Waals surface area (Å²) in [4.78, 5) is 51.2. The molecule has 1 aromatic carbocycles. The number of amidine groups is 1. The number of nitrogens with one attached hydrogen (secondary N) is 2. The molecule has 2 N–H and O–H groups in total. The van der Waals surface area contributed by atoms with Crippen molar-refractivity contribution in [3.8, 4) is 11.5 Å². The molecule has 5 rings (SSSR count). The van der Waals surface area contributed by atoms with E-state index in [0.717, 1.165) is 5.56 Å². The predicted octanol–water partition coefficient (Wildman–Crippen LogP) is 0.784. The Balaban J connectivity index is 1.32. The van der Waals surface area contributed by atoms with Crippen molar-refractivity contribution >= 4 is 35.3 Å². The molecule has 36 heavy (non-hydrogen) atoms. The van der Waals surface area contributed by atoms with E-state index in [-0.39, 0.29) is 37.4 Å². The van der Waals surface area contributed by atoms with Crippen LogP contribution < -0.4 is 20.1 Å². The number of ether oxygens (including phenoxy) is 3. The summed E-state index contributed by atoms with van der Waals surface area (Å²) < 4.78 is 16.4. The van der Waals surface area contributed by atoms with Crippen LogP contribution in [-0.4, -0.2) is 78.9 Å². The van der Waals surface area contributed by atoms with Gasteiger partial charge in [0.15, 0.2) is 17.6 Å². The minimum Gasteiger partial charge on any atom is -0.491 e. The molecule has 3 aliphatic rings. The molecule has 0 bridgehead atoms. The van der Waals surface area contributed by atoms with Crippen molar-refractivity contribution in [1.29, 1.82) is 0 Å². The van der Waals surface area contributed by atoms with Crippen molar-refractivity contribution < 1.29 is 28.6 Å². The molecule has 1 saturated heterocycles. The van der Waals surface area contributed by atoms with E-state index in [9.17, 15) is 14.4 Å². The summed E-state index contributed by atoms with van der Waals surface area (Å²) in [6.07, 6.45) is 2.95. The fourth-order valence-electron chi connectivity index (χ4n) is 4.13. The van der Waals surface area contributed by atoms with Gasteiger partial charge >= 0.3 is 5.97 Å². The average Bonchev–Trinajstić information content (AvgIpc) is 3.56. The van der Waals surface area contributed by atoms with Gasteiger partial charge in [0.05, 0.1) is 25.8 Å². The van der Waals surface area contributed by atoms with Crippen LogP contribution >= 0.6 is 0 Å². The number of cyclic esters (lactones) is 1. The van der Waals surface area contributed by atoms with Gasteiger partial charge in [0.1, 0.15) is 18.1 Å². The SMILES string of the molecule is COc1c(OCCNC(=O)[C@@H]2CCC(=O)O2)ccc2c1N=C(NC(=O)c1cccnc1)N1CCN=C21. The van der Waals surface area contributed by atoms with E-state index in [1.54, 1.807) is 24.4 Å². The third-order valence-corrected chi connectivity index (χ3v) is 5.84. The van der Waals surface area contributed by atoms with Crippen molar-refractivity contribution in [3.63, 3.8) is 0 Å². The van der Waals surface area contributed by atoms with Crippen molar-refractivity contribution in [3.05, 3.63) is 47.8 Å². The van der Waals surface area contributed by atoms with E-state index in [4.69, 9.17) is 14.2 Å². The normalized spacial score (nSPS) is 17.9. The second-order valence-electron chi connectivity index (χ2n) is 8.14. The van der Waals surface area contributed by atoms with Crippen LogP contribution in [0.5, 0.6) is 11.5 Å². The number of carbonyl (C=O) groups excluding carboxylic acids is 3. The number of fused-ring (bicyclic) bond motifs is 3. The molecule has 4 heterocycles. The van der Waals surface area contributed by atoms with Gasteiger partial charge < -0.3 is 19.5 Å². The molecule has 0 radical (unpaired) electrons. The topological polar surface area (TPSA) is 144 Å². The monoisotopic (exact) mass is 492 g/mol. The van der Waals surface area contributed by atoms with Crippen molar-refractivity contribution in [1.82, 2.24) is 20.5 Å². The predicted molar refractivity (Wildman–Crippen MR) is 128 cm³/mol. The largest absolute Gasteiger partial charge is 0.491 e. The number of amides is 2. The molecule has 1 aromatic heterocycles. The van der Waals surface area contributed by atoms with Crippen LogP contribution in [0.25, 0.3) is 0 Å². The summed E-state index contributed by atoms with van der Waals surface area (Å²) in [5.41, 5.74) is 1.64. The highest BCUT2D eigenvalue weighted by atomic mass is 16.6. The van der Waals surface area contributed by atoms with Gasteiger partial charge in [-0.05, 0) is 24.3 Å². The van der Waals surface area contributed by atoms with Crippen LogP contribution in [0.3, 0.4) is 0 Å². The molecule has 2 aromatic rings. The lowest BCUT2D eigenvalue weighted by molar-refractivity contribution is -0.148. The maximum Gasteiger partial charge on any atom is 0.306 e. The summed E-state index contributed by atoms with van der Waals surface area (Å²) in [6.45, 7) is 1.51.